The SMILES string of the molecule is CC[n+]1ccccc1.COCCOCCOCCOCCC(=O)[O-]. The van der Waals surface area contributed by atoms with Gasteiger partial charge in [-0.2, -0.15) is 0 Å². The van der Waals surface area contributed by atoms with Crippen LogP contribution in [0.25, 0.3) is 0 Å². The molecule has 1 rings (SSSR count). The van der Waals surface area contributed by atoms with Crippen LogP contribution < -0.4 is 9.67 Å². The number of methoxy groups -OCH3 is 1. The average molecular weight is 343 g/mol. The fourth-order valence-corrected chi connectivity index (χ4v) is 1.48. The van der Waals surface area contributed by atoms with E-state index in [2.05, 4.69) is 23.9 Å². The molecule has 7 heteroatoms. The van der Waals surface area contributed by atoms with E-state index in [0.29, 0.717) is 39.6 Å². The van der Waals surface area contributed by atoms with Gasteiger partial charge >= 0.3 is 0 Å². The van der Waals surface area contributed by atoms with Gasteiger partial charge in [0.2, 0.25) is 0 Å². The van der Waals surface area contributed by atoms with Crippen molar-refractivity contribution in [2.24, 2.45) is 0 Å². The molecule has 0 amide bonds. The van der Waals surface area contributed by atoms with E-state index in [-0.39, 0.29) is 13.0 Å². The number of carboxylic acid groups (broad SMARTS) is 1. The molecular formula is C17H29NO6. The Hall–Kier alpha value is -1.54. The molecule has 0 atom stereocenters. The number of aliphatic carboxylic acids is 1. The van der Waals surface area contributed by atoms with Crippen LogP contribution >= 0.6 is 0 Å². The van der Waals surface area contributed by atoms with Gasteiger partial charge in [-0.3, -0.25) is 0 Å². The number of pyridine rings is 1. The highest BCUT2D eigenvalue weighted by molar-refractivity contribution is 5.64. The fourth-order valence-electron chi connectivity index (χ4n) is 1.48. The van der Waals surface area contributed by atoms with Gasteiger partial charge in [0.1, 0.15) is 6.54 Å². The number of hydrogen-bond donors (Lipinski definition) is 0. The molecular weight excluding hydrogens is 314 g/mol. The predicted molar refractivity (Wildman–Crippen MR) is 86.3 cm³/mol. The number of aryl methyl sites for hydroxylation is 1. The first-order valence-electron chi connectivity index (χ1n) is 8.06. The van der Waals surface area contributed by atoms with Crippen molar-refractivity contribution < 1.29 is 33.4 Å². The van der Waals surface area contributed by atoms with Gasteiger partial charge in [0, 0.05) is 31.6 Å². The molecule has 0 saturated carbocycles. The summed E-state index contributed by atoms with van der Waals surface area (Å²) >= 11 is 0. The minimum absolute atomic E-state index is 0.0832. The third-order valence-electron chi connectivity index (χ3n) is 2.77. The molecule has 1 heterocycles. The van der Waals surface area contributed by atoms with E-state index < -0.39 is 5.97 Å². The maximum atomic E-state index is 10.0. The van der Waals surface area contributed by atoms with Crippen LogP contribution in [0.5, 0.6) is 0 Å². The van der Waals surface area contributed by atoms with Gasteiger partial charge in [-0.1, -0.05) is 6.07 Å². The number of carbonyl (C=O) groups is 1. The summed E-state index contributed by atoms with van der Waals surface area (Å²) < 4.78 is 22.2. The minimum Gasteiger partial charge on any atom is -0.550 e. The summed E-state index contributed by atoms with van der Waals surface area (Å²) in [5, 5.41) is 10.0. The summed E-state index contributed by atoms with van der Waals surface area (Å²) in [7, 11) is 1.61. The second-order valence-electron chi connectivity index (χ2n) is 4.66. The van der Waals surface area contributed by atoms with Crippen molar-refractivity contribution in [3.05, 3.63) is 30.6 Å². The van der Waals surface area contributed by atoms with Crippen molar-refractivity contribution in [1.82, 2.24) is 0 Å². The lowest BCUT2D eigenvalue weighted by atomic mass is 10.5. The normalized spacial score (nSPS) is 10.1. The van der Waals surface area contributed by atoms with Crippen molar-refractivity contribution in [1.29, 1.82) is 0 Å². The second-order valence-corrected chi connectivity index (χ2v) is 4.66. The first kappa shape index (κ1) is 22.5. The van der Waals surface area contributed by atoms with E-state index in [1.54, 1.807) is 7.11 Å². The molecule has 0 N–H and O–H groups in total. The summed E-state index contributed by atoms with van der Waals surface area (Å²) in [6.07, 6.45) is 4.03. The molecule has 0 aliphatic heterocycles. The van der Waals surface area contributed by atoms with E-state index in [1.165, 1.54) is 0 Å². The van der Waals surface area contributed by atoms with Gasteiger partial charge in [0.15, 0.2) is 12.4 Å². The zero-order chi connectivity index (χ0) is 17.9. The van der Waals surface area contributed by atoms with Crippen LogP contribution in [-0.4, -0.2) is 59.3 Å². The van der Waals surface area contributed by atoms with Crippen LogP contribution in [0, 0.1) is 0 Å². The summed E-state index contributed by atoms with van der Waals surface area (Å²) in [5.74, 6) is -1.10. The number of ether oxygens (including phenoxy) is 4. The van der Waals surface area contributed by atoms with Gasteiger partial charge in [-0.15, -0.1) is 0 Å². The van der Waals surface area contributed by atoms with Crippen LogP contribution in [0.2, 0.25) is 0 Å². The van der Waals surface area contributed by atoms with E-state index >= 15 is 0 Å². The minimum atomic E-state index is -1.10. The molecule has 0 unspecified atom stereocenters. The van der Waals surface area contributed by atoms with Crippen molar-refractivity contribution in [2.45, 2.75) is 19.9 Å². The third kappa shape index (κ3) is 16.8. The Kier molecular flexibility index (Phi) is 16.7. The largest absolute Gasteiger partial charge is 0.550 e. The van der Waals surface area contributed by atoms with Gasteiger partial charge in [0.25, 0.3) is 0 Å². The molecule has 0 aliphatic rings. The summed E-state index contributed by atoms with van der Waals surface area (Å²) in [6.45, 7) is 6.30. The molecule has 1 aromatic rings. The van der Waals surface area contributed by atoms with E-state index in [1.807, 2.05) is 18.2 Å². The molecule has 138 valence electrons. The number of rotatable bonds is 13. The zero-order valence-electron chi connectivity index (χ0n) is 14.6. The number of nitrogens with zero attached hydrogens (tertiary/aromatic N) is 1. The van der Waals surface area contributed by atoms with Crippen molar-refractivity contribution in [3.8, 4) is 0 Å². The second kappa shape index (κ2) is 17.8. The highest BCUT2D eigenvalue weighted by atomic mass is 16.6. The smallest absolute Gasteiger partial charge is 0.168 e. The molecule has 1 aromatic heterocycles. The van der Waals surface area contributed by atoms with E-state index in [9.17, 15) is 9.90 Å². The standard InChI is InChI=1S/C10H20O6.C7H10N/c1-13-4-5-15-8-9-16-7-6-14-3-2-10(11)12;1-2-8-6-4-3-5-7-8/h2-9H2,1H3,(H,11,12);3-7H,2H2,1H3/q;+1/p-1. The lowest BCUT2D eigenvalue weighted by Gasteiger charge is -2.06. The maximum absolute atomic E-state index is 10.0. The van der Waals surface area contributed by atoms with Gasteiger partial charge in [-0.25, -0.2) is 4.57 Å². The lowest BCUT2D eigenvalue weighted by molar-refractivity contribution is -0.693. The summed E-state index contributed by atoms with van der Waals surface area (Å²) in [5.41, 5.74) is 0. The molecule has 0 spiro atoms. The topological polar surface area (TPSA) is 80.9 Å². The van der Waals surface area contributed by atoms with Crippen LogP contribution in [0.1, 0.15) is 13.3 Å². The Bertz CT molecular complexity index is 388. The Morgan fingerprint density at radius 3 is 1.79 bits per heavy atom. The van der Waals surface area contributed by atoms with E-state index in [0.717, 1.165) is 6.54 Å². The zero-order valence-corrected chi connectivity index (χ0v) is 14.6. The Morgan fingerprint density at radius 1 is 0.875 bits per heavy atom. The van der Waals surface area contributed by atoms with Crippen LogP contribution in [0.15, 0.2) is 30.6 Å². The number of aromatic nitrogens is 1. The fraction of sp³-hybridized carbons (Fsp3) is 0.647. The molecule has 0 fully saturated rings. The Balaban J connectivity index is 0.000000546. The van der Waals surface area contributed by atoms with Crippen molar-refractivity contribution >= 4 is 5.97 Å². The van der Waals surface area contributed by atoms with Crippen LogP contribution in [0.4, 0.5) is 0 Å². The van der Waals surface area contributed by atoms with Crippen LogP contribution in [-0.2, 0) is 30.3 Å². The molecule has 7 nitrogen and oxygen atoms in total. The first-order valence-corrected chi connectivity index (χ1v) is 8.06. The Labute approximate surface area is 144 Å². The number of hydrogen-bond acceptors (Lipinski definition) is 6. The molecule has 0 aliphatic carbocycles. The molecule has 0 aromatic carbocycles. The molecule has 24 heavy (non-hydrogen) atoms. The summed E-state index contributed by atoms with van der Waals surface area (Å²) in [6, 6.07) is 6.08. The number of carbonyl (C=O) groups excluding carboxylic acids is 1. The van der Waals surface area contributed by atoms with Crippen LogP contribution in [0.3, 0.4) is 0 Å². The highest BCUT2D eigenvalue weighted by Crippen LogP contribution is 1.83. The molecule has 0 bridgehead atoms. The lowest BCUT2D eigenvalue weighted by Crippen LogP contribution is -2.30. The predicted octanol–water partition coefficient (Wildman–Crippen LogP) is -0.183. The quantitative estimate of drug-likeness (QED) is 0.365. The van der Waals surface area contributed by atoms with E-state index in [4.69, 9.17) is 18.9 Å². The van der Waals surface area contributed by atoms with Gasteiger partial charge < -0.3 is 28.8 Å². The van der Waals surface area contributed by atoms with Crippen molar-refractivity contribution in [3.63, 3.8) is 0 Å². The van der Waals surface area contributed by atoms with Gasteiger partial charge in [-0.05, 0) is 6.92 Å². The maximum Gasteiger partial charge on any atom is 0.168 e. The molecule has 0 radical (unpaired) electrons. The molecule has 0 saturated heterocycles. The Morgan fingerprint density at radius 2 is 1.38 bits per heavy atom. The monoisotopic (exact) mass is 343 g/mol. The average Bonchev–Trinajstić information content (AvgIpc) is 2.60. The third-order valence-corrected chi connectivity index (χ3v) is 2.77. The highest BCUT2D eigenvalue weighted by Gasteiger charge is 1.92. The summed E-state index contributed by atoms with van der Waals surface area (Å²) in [4.78, 5) is 10.0. The number of carboxylic acids is 1. The first-order chi connectivity index (χ1) is 11.7. The van der Waals surface area contributed by atoms with Gasteiger partial charge in [0.05, 0.1) is 46.2 Å². The van der Waals surface area contributed by atoms with Crippen molar-refractivity contribution in [2.75, 3.05) is 53.4 Å².